The molecule has 0 radical (unpaired) electrons. The highest BCUT2D eigenvalue weighted by molar-refractivity contribution is 6.19. The SMILES string of the molecule is CCOC(=O)C1=C(CCl)OC(N)=C(C#N)[C@H]1c1ccc2c(c1)OCO2. The molecule has 0 saturated carbocycles. The summed E-state index contributed by atoms with van der Waals surface area (Å²) in [6.07, 6.45) is 0. The Morgan fingerprint density at radius 2 is 2.20 bits per heavy atom. The van der Waals surface area contributed by atoms with Crippen molar-refractivity contribution in [2.75, 3.05) is 19.3 Å². The molecule has 1 aromatic carbocycles. The summed E-state index contributed by atoms with van der Waals surface area (Å²) in [6.45, 7) is 1.98. The van der Waals surface area contributed by atoms with Crippen LogP contribution in [0.25, 0.3) is 0 Å². The van der Waals surface area contributed by atoms with Gasteiger partial charge in [0, 0.05) is 0 Å². The first-order valence-electron chi connectivity index (χ1n) is 7.54. The van der Waals surface area contributed by atoms with E-state index in [2.05, 4.69) is 0 Å². The van der Waals surface area contributed by atoms with Crippen LogP contribution in [0.15, 0.2) is 41.0 Å². The maximum Gasteiger partial charge on any atom is 0.338 e. The van der Waals surface area contributed by atoms with E-state index in [1.807, 2.05) is 6.07 Å². The van der Waals surface area contributed by atoms with E-state index in [0.717, 1.165) is 0 Å². The van der Waals surface area contributed by atoms with E-state index in [4.69, 9.17) is 36.3 Å². The summed E-state index contributed by atoms with van der Waals surface area (Å²) in [7, 11) is 0. The topological polar surface area (TPSA) is 104 Å². The van der Waals surface area contributed by atoms with Crippen molar-refractivity contribution in [2.24, 2.45) is 5.73 Å². The highest BCUT2D eigenvalue weighted by atomic mass is 35.5. The van der Waals surface area contributed by atoms with Crippen LogP contribution < -0.4 is 15.2 Å². The van der Waals surface area contributed by atoms with Gasteiger partial charge in [-0.1, -0.05) is 6.07 Å². The molecule has 2 heterocycles. The Kier molecular flexibility index (Phi) is 4.72. The highest BCUT2D eigenvalue weighted by Gasteiger charge is 2.38. The van der Waals surface area contributed by atoms with Gasteiger partial charge in [0.15, 0.2) is 11.5 Å². The average Bonchev–Trinajstić information content (AvgIpc) is 3.08. The summed E-state index contributed by atoms with van der Waals surface area (Å²) in [4.78, 5) is 12.5. The molecule has 7 nitrogen and oxygen atoms in total. The van der Waals surface area contributed by atoms with Crippen LogP contribution in [0.5, 0.6) is 11.5 Å². The molecule has 1 aromatic rings. The zero-order valence-electron chi connectivity index (χ0n) is 13.4. The number of allylic oxidation sites excluding steroid dienone is 2. The van der Waals surface area contributed by atoms with Crippen molar-refractivity contribution in [1.82, 2.24) is 0 Å². The minimum Gasteiger partial charge on any atom is -0.463 e. The summed E-state index contributed by atoms with van der Waals surface area (Å²) >= 11 is 5.93. The van der Waals surface area contributed by atoms with Crippen molar-refractivity contribution < 1.29 is 23.7 Å². The van der Waals surface area contributed by atoms with Crippen LogP contribution in [0.2, 0.25) is 0 Å². The first-order chi connectivity index (χ1) is 12.1. The molecule has 0 spiro atoms. The molecule has 0 amide bonds. The largest absolute Gasteiger partial charge is 0.463 e. The first kappa shape index (κ1) is 17.0. The predicted molar refractivity (Wildman–Crippen MR) is 87.6 cm³/mol. The second-order valence-corrected chi connectivity index (χ2v) is 5.50. The van der Waals surface area contributed by atoms with Crippen LogP contribution in [0.4, 0.5) is 0 Å². The quantitative estimate of drug-likeness (QED) is 0.647. The van der Waals surface area contributed by atoms with E-state index in [1.54, 1.807) is 25.1 Å². The van der Waals surface area contributed by atoms with Gasteiger partial charge in [-0.2, -0.15) is 5.26 Å². The summed E-state index contributed by atoms with van der Waals surface area (Å²) in [5.41, 5.74) is 6.75. The van der Waals surface area contributed by atoms with Gasteiger partial charge in [-0.25, -0.2) is 4.79 Å². The fourth-order valence-corrected chi connectivity index (χ4v) is 2.97. The van der Waals surface area contributed by atoms with E-state index in [0.29, 0.717) is 17.1 Å². The third kappa shape index (κ3) is 2.96. The van der Waals surface area contributed by atoms with Gasteiger partial charge in [0.2, 0.25) is 12.7 Å². The third-order valence-corrected chi connectivity index (χ3v) is 4.09. The minimum absolute atomic E-state index is 0.0887. The van der Waals surface area contributed by atoms with Crippen molar-refractivity contribution in [3.05, 3.63) is 46.6 Å². The maximum atomic E-state index is 12.5. The zero-order valence-corrected chi connectivity index (χ0v) is 14.1. The number of rotatable bonds is 4. The number of hydrogen-bond donors (Lipinski definition) is 1. The number of nitrogens with zero attached hydrogens (tertiary/aromatic N) is 1. The first-order valence-corrected chi connectivity index (χ1v) is 8.07. The molecule has 8 heteroatoms. The Morgan fingerprint density at radius 1 is 1.44 bits per heavy atom. The zero-order chi connectivity index (χ0) is 18.0. The molecule has 25 heavy (non-hydrogen) atoms. The van der Waals surface area contributed by atoms with Gasteiger partial charge in [-0.15, -0.1) is 11.6 Å². The van der Waals surface area contributed by atoms with Gasteiger partial charge in [0.1, 0.15) is 17.4 Å². The second kappa shape index (κ2) is 6.95. The number of ether oxygens (including phenoxy) is 4. The van der Waals surface area contributed by atoms with Crippen molar-refractivity contribution in [3.63, 3.8) is 0 Å². The number of carbonyl (C=O) groups is 1. The van der Waals surface area contributed by atoms with Crippen LogP contribution in [-0.4, -0.2) is 25.2 Å². The standard InChI is InChI=1S/C17H15ClN2O5/c1-2-22-17(21)15-13(6-18)25-16(20)10(7-19)14(15)9-3-4-11-12(5-9)24-8-23-11/h3-5,14H,2,6,8,20H2,1H3/t14-/m1/s1. The minimum atomic E-state index is -0.763. The molecule has 0 saturated heterocycles. The Labute approximate surface area is 149 Å². The number of halogens is 1. The van der Waals surface area contributed by atoms with Crippen molar-refractivity contribution in [2.45, 2.75) is 12.8 Å². The van der Waals surface area contributed by atoms with Crippen LogP contribution in [-0.2, 0) is 14.3 Å². The third-order valence-electron chi connectivity index (χ3n) is 3.84. The molecule has 1 atom stereocenters. The summed E-state index contributed by atoms with van der Waals surface area (Å²) in [5, 5.41) is 9.54. The molecule has 0 fully saturated rings. The molecule has 2 N–H and O–H groups in total. The number of nitrogens with two attached hydrogens (primary N) is 1. The lowest BCUT2D eigenvalue weighted by Crippen LogP contribution is -2.26. The second-order valence-electron chi connectivity index (χ2n) is 5.23. The van der Waals surface area contributed by atoms with E-state index in [-0.39, 0.29) is 42.1 Å². The lowest BCUT2D eigenvalue weighted by molar-refractivity contribution is -0.139. The number of nitriles is 1. The van der Waals surface area contributed by atoms with Gasteiger partial charge in [-0.05, 0) is 24.6 Å². The highest BCUT2D eigenvalue weighted by Crippen LogP contribution is 2.43. The summed E-state index contributed by atoms with van der Waals surface area (Å²) < 4.78 is 21.2. The molecule has 0 aromatic heterocycles. The molecule has 0 bridgehead atoms. The van der Waals surface area contributed by atoms with Crippen LogP contribution >= 0.6 is 11.6 Å². The van der Waals surface area contributed by atoms with Crippen LogP contribution in [0.3, 0.4) is 0 Å². The average molecular weight is 363 g/mol. The molecular weight excluding hydrogens is 348 g/mol. The van der Waals surface area contributed by atoms with E-state index in [1.165, 1.54) is 0 Å². The Balaban J connectivity index is 2.15. The smallest absolute Gasteiger partial charge is 0.338 e. The monoisotopic (exact) mass is 362 g/mol. The van der Waals surface area contributed by atoms with Gasteiger partial charge in [0.25, 0.3) is 0 Å². The number of esters is 1. The lowest BCUT2D eigenvalue weighted by Gasteiger charge is -2.27. The molecule has 3 rings (SSSR count). The lowest BCUT2D eigenvalue weighted by atomic mass is 9.83. The molecule has 0 unspecified atom stereocenters. The molecule has 130 valence electrons. The van der Waals surface area contributed by atoms with Gasteiger partial charge < -0.3 is 24.7 Å². The van der Waals surface area contributed by atoms with Crippen molar-refractivity contribution >= 4 is 17.6 Å². The normalized spacial score (nSPS) is 18.7. The van der Waals surface area contributed by atoms with Crippen molar-refractivity contribution in [1.29, 1.82) is 5.26 Å². The Morgan fingerprint density at radius 3 is 2.88 bits per heavy atom. The van der Waals surface area contributed by atoms with Crippen LogP contribution in [0.1, 0.15) is 18.4 Å². The fourth-order valence-electron chi connectivity index (χ4n) is 2.78. The number of hydrogen-bond acceptors (Lipinski definition) is 7. The molecular formula is C17H15ClN2O5. The summed E-state index contributed by atoms with van der Waals surface area (Å²) in [5.74, 6) is -0.273. The molecule has 2 aliphatic heterocycles. The molecule has 0 aliphatic carbocycles. The number of alkyl halides is 1. The Bertz CT molecular complexity index is 825. The van der Waals surface area contributed by atoms with E-state index in [9.17, 15) is 10.1 Å². The van der Waals surface area contributed by atoms with Crippen LogP contribution in [0, 0.1) is 11.3 Å². The number of benzene rings is 1. The van der Waals surface area contributed by atoms with E-state index >= 15 is 0 Å². The van der Waals surface area contributed by atoms with Gasteiger partial charge in [-0.3, -0.25) is 0 Å². The number of fused-ring (bicyclic) bond motifs is 1. The van der Waals surface area contributed by atoms with Gasteiger partial charge >= 0.3 is 5.97 Å². The fraction of sp³-hybridized carbons (Fsp3) is 0.294. The maximum absolute atomic E-state index is 12.5. The number of carbonyl (C=O) groups excluding carboxylic acids is 1. The molecule has 2 aliphatic rings. The predicted octanol–water partition coefficient (Wildman–Crippen LogP) is 2.28. The van der Waals surface area contributed by atoms with Crippen molar-refractivity contribution in [3.8, 4) is 17.6 Å². The summed E-state index contributed by atoms with van der Waals surface area (Å²) in [6, 6.07) is 7.16. The Hall–Kier alpha value is -2.85. The van der Waals surface area contributed by atoms with Gasteiger partial charge in [0.05, 0.1) is 24.0 Å². The van der Waals surface area contributed by atoms with E-state index < -0.39 is 11.9 Å².